The van der Waals surface area contributed by atoms with Crippen molar-refractivity contribution in [1.82, 2.24) is 0 Å². The lowest BCUT2D eigenvalue weighted by Gasteiger charge is -1.90. The first-order valence-electron chi connectivity index (χ1n) is 5.02. The SMILES string of the molecule is Brc1cccc(Br)c1.Cc1cccc(C)c1. The van der Waals surface area contributed by atoms with Gasteiger partial charge in [-0.2, -0.15) is 0 Å². The third-order valence-corrected chi connectivity index (χ3v) is 2.95. The zero-order chi connectivity index (χ0) is 12.0. The Bertz CT molecular complexity index is 372. The van der Waals surface area contributed by atoms with Crippen LogP contribution in [-0.2, 0) is 0 Å². The summed E-state index contributed by atoms with van der Waals surface area (Å²) < 4.78 is 2.21. The van der Waals surface area contributed by atoms with Gasteiger partial charge in [-0.25, -0.2) is 0 Å². The molecule has 0 saturated carbocycles. The third-order valence-electron chi connectivity index (χ3n) is 1.96. The highest BCUT2D eigenvalue weighted by Crippen LogP contribution is 2.15. The number of aryl methyl sites for hydroxylation is 2. The van der Waals surface area contributed by atoms with Crippen LogP contribution < -0.4 is 0 Å². The molecule has 2 rings (SSSR count). The first-order valence-corrected chi connectivity index (χ1v) is 6.61. The number of hydrogen-bond donors (Lipinski definition) is 0. The van der Waals surface area contributed by atoms with Gasteiger partial charge in [0.05, 0.1) is 0 Å². The molecule has 0 amide bonds. The number of benzene rings is 2. The van der Waals surface area contributed by atoms with Crippen LogP contribution in [0.2, 0.25) is 0 Å². The van der Waals surface area contributed by atoms with Gasteiger partial charge in [-0.15, -0.1) is 0 Å². The van der Waals surface area contributed by atoms with Gasteiger partial charge in [0.2, 0.25) is 0 Å². The van der Waals surface area contributed by atoms with E-state index in [-0.39, 0.29) is 0 Å². The molecule has 0 bridgehead atoms. The van der Waals surface area contributed by atoms with Crippen LogP contribution in [0, 0.1) is 13.8 Å². The minimum atomic E-state index is 1.10. The van der Waals surface area contributed by atoms with Crippen molar-refractivity contribution in [2.45, 2.75) is 13.8 Å². The van der Waals surface area contributed by atoms with E-state index in [9.17, 15) is 0 Å². The largest absolute Gasteiger partial charge is 0.0617 e. The van der Waals surface area contributed by atoms with E-state index < -0.39 is 0 Å². The Labute approximate surface area is 114 Å². The van der Waals surface area contributed by atoms with E-state index in [0.717, 1.165) is 8.95 Å². The molecule has 0 N–H and O–H groups in total. The molecular weight excluding hydrogens is 328 g/mol. The zero-order valence-electron chi connectivity index (χ0n) is 9.37. The Morgan fingerprint density at radius 3 is 1.38 bits per heavy atom. The van der Waals surface area contributed by atoms with Crippen LogP contribution in [0.1, 0.15) is 11.1 Å². The summed E-state index contributed by atoms with van der Waals surface area (Å²) in [4.78, 5) is 0. The van der Waals surface area contributed by atoms with Crippen molar-refractivity contribution in [3.05, 3.63) is 68.6 Å². The minimum absolute atomic E-state index is 1.10. The van der Waals surface area contributed by atoms with Gasteiger partial charge in [0.1, 0.15) is 0 Å². The molecule has 0 aliphatic carbocycles. The van der Waals surface area contributed by atoms with E-state index in [4.69, 9.17) is 0 Å². The third kappa shape index (κ3) is 5.47. The van der Waals surface area contributed by atoms with E-state index in [1.807, 2.05) is 24.3 Å². The number of halogens is 2. The summed E-state index contributed by atoms with van der Waals surface area (Å²) in [6, 6.07) is 16.4. The second-order valence-electron chi connectivity index (χ2n) is 3.60. The Kier molecular flexibility index (Phi) is 5.78. The van der Waals surface area contributed by atoms with Crippen molar-refractivity contribution in [2.75, 3.05) is 0 Å². The maximum atomic E-state index is 3.33. The fraction of sp³-hybridized carbons (Fsp3) is 0.143. The lowest BCUT2D eigenvalue weighted by molar-refractivity contribution is 1.39. The van der Waals surface area contributed by atoms with Crippen LogP contribution in [0.15, 0.2) is 57.5 Å². The van der Waals surface area contributed by atoms with Crippen molar-refractivity contribution in [2.24, 2.45) is 0 Å². The lowest BCUT2D eigenvalue weighted by atomic mass is 10.2. The van der Waals surface area contributed by atoms with Crippen molar-refractivity contribution in [3.63, 3.8) is 0 Å². The van der Waals surface area contributed by atoms with Crippen LogP contribution in [0.4, 0.5) is 0 Å². The summed E-state index contributed by atoms with van der Waals surface area (Å²) in [5.74, 6) is 0. The molecule has 0 heterocycles. The van der Waals surface area contributed by atoms with Gasteiger partial charge in [0.25, 0.3) is 0 Å². The summed E-state index contributed by atoms with van der Waals surface area (Å²) >= 11 is 6.66. The molecule has 0 aliphatic rings. The fourth-order valence-corrected chi connectivity index (χ4v) is 2.37. The Morgan fingerprint density at radius 2 is 1.12 bits per heavy atom. The standard InChI is InChI=1S/C8H10.C6H4Br2/c1-7-4-3-5-8(2)6-7;7-5-2-1-3-6(8)4-5/h3-6H,1-2H3;1-4H. The monoisotopic (exact) mass is 340 g/mol. The quantitative estimate of drug-likeness (QED) is 0.592. The summed E-state index contributed by atoms with van der Waals surface area (Å²) in [7, 11) is 0. The molecular formula is C14H14Br2. The predicted octanol–water partition coefficient (Wildman–Crippen LogP) is 5.52. The normalized spacial score (nSPS) is 9.25. The minimum Gasteiger partial charge on any atom is -0.0617 e. The molecule has 0 radical (unpaired) electrons. The van der Waals surface area contributed by atoms with E-state index in [1.54, 1.807) is 0 Å². The highest BCUT2D eigenvalue weighted by atomic mass is 79.9. The summed E-state index contributed by atoms with van der Waals surface area (Å²) in [6.07, 6.45) is 0. The van der Waals surface area contributed by atoms with Crippen LogP contribution in [0.3, 0.4) is 0 Å². The van der Waals surface area contributed by atoms with E-state index >= 15 is 0 Å². The highest BCUT2D eigenvalue weighted by molar-refractivity contribution is 9.11. The molecule has 0 nitrogen and oxygen atoms in total. The fourth-order valence-electron chi connectivity index (χ4n) is 1.27. The Balaban J connectivity index is 0.000000160. The highest BCUT2D eigenvalue weighted by Gasteiger charge is 1.84. The zero-order valence-corrected chi connectivity index (χ0v) is 12.5. The topological polar surface area (TPSA) is 0 Å². The summed E-state index contributed by atoms with van der Waals surface area (Å²) in [5, 5.41) is 0. The van der Waals surface area contributed by atoms with Gasteiger partial charge < -0.3 is 0 Å². The number of hydrogen-bond acceptors (Lipinski definition) is 0. The van der Waals surface area contributed by atoms with Crippen molar-refractivity contribution < 1.29 is 0 Å². The van der Waals surface area contributed by atoms with Crippen LogP contribution in [0.25, 0.3) is 0 Å². The summed E-state index contributed by atoms with van der Waals surface area (Å²) in [5.41, 5.74) is 2.68. The second-order valence-corrected chi connectivity index (χ2v) is 5.43. The summed E-state index contributed by atoms with van der Waals surface area (Å²) in [6.45, 7) is 4.21. The molecule has 0 unspecified atom stereocenters. The van der Waals surface area contributed by atoms with E-state index in [2.05, 4.69) is 70.0 Å². The molecule has 0 saturated heterocycles. The first-order chi connectivity index (χ1) is 7.58. The van der Waals surface area contributed by atoms with Crippen molar-refractivity contribution in [3.8, 4) is 0 Å². The molecule has 16 heavy (non-hydrogen) atoms. The molecule has 0 aromatic heterocycles. The van der Waals surface area contributed by atoms with E-state index in [1.165, 1.54) is 11.1 Å². The van der Waals surface area contributed by atoms with Gasteiger partial charge >= 0.3 is 0 Å². The van der Waals surface area contributed by atoms with Crippen LogP contribution >= 0.6 is 31.9 Å². The van der Waals surface area contributed by atoms with Gasteiger partial charge in [0, 0.05) is 8.95 Å². The molecule has 0 spiro atoms. The maximum Gasteiger partial charge on any atom is 0.0186 e. The van der Waals surface area contributed by atoms with Gasteiger partial charge in [-0.1, -0.05) is 73.3 Å². The van der Waals surface area contributed by atoms with Gasteiger partial charge in [-0.3, -0.25) is 0 Å². The average molecular weight is 342 g/mol. The molecule has 0 aliphatic heterocycles. The maximum absolute atomic E-state index is 3.33. The predicted molar refractivity (Wildman–Crippen MR) is 77.8 cm³/mol. The van der Waals surface area contributed by atoms with Crippen molar-refractivity contribution in [1.29, 1.82) is 0 Å². The molecule has 0 fully saturated rings. The van der Waals surface area contributed by atoms with Crippen molar-refractivity contribution >= 4 is 31.9 Å². The van der Waals surface area contributed by atoms with Gasteiger partial charge in [-0.05, 0) is 32.0 Å². The Morgan fingerprint density at radius 1 is 0.688 bits per heavy atom. The average Bonchev–Trinajstić information content (AvgIpc) is 2.17. The van der Waals surface area contributed by atoms with Gasteiger partial charge in [0.15, 0.2) is 0 Å². The van der Waals surface area contributed by atoms with Crippen LogP contribution in [-0.4, -0.2) is 0 Å². The molecule has 84 valence electrons. The molecule has 0 atom stereocenters. The first kappa shape index (κ1) is 13.5. The molecule has 2 aromatic rings. The molecule has 2 aromatic carbocycles. The smallest absolute Gasteiger partial charge is 0.0186 e. The lowest BCUT2D eigenvalue weighted by Crippen LogP contribution is -1.71. The number of rotatable bonds is 0. The molecule has 2 heteroatoms. The second kappa shape index (κ2) is 6.87. The van der Waals surface area contributed by atoms with Crippen LogP contribution in [0.5, 0.6) is 0 Å². The van der Waals surface area contributed by atoms with E-state index in [0.29, 0.717) is 0 Å². The Hall–Kier alpha value is -0.600.